The Labute approximate surface area is 342 Å². The van der Waals surface area contributed by atoms with E-state index in [1.54, 1.807) is 12.1 Å². The minimum absolute atomic E-state index is 0.0509. The minimum Gasteiger partial charge on any atom is -0.370 e. The van der Waals surface area contributed by atoms with Crippen LogP contribution in [-0.2, 0) is 28.8 Å². The van der Waals surface area contributed by atoms with Gasteiger partial charge in [0.15, 0.2) is 0 Å². The molecule has 0 unspecified atom stereocenters. The standard InChI is InChI=1S/C27H34N6O4.C6H14N2O.C4H8N2O2.2C2H6/c1-18(2)8-13-23(34)30-17-25(36)31-16-24(35)28-14-5-15-29-27(37)20-11-9-19(10-12-20)26-21-6-3-4-7-22(21)32-33-26;1-4(2)3-5(7)6(8)9;5-3(7)1-2-4(6)8;2*1-2/h3-4,6-7,9-12,18H,5,8,13-17H2,1-2H3,(H,28,35)(H,29,37)(H,30,34)(H,31,36)(H,32,33);4-5H,3,7H2,1-2H3,(H2,8,9);1-2H2,(H2,5,7)(H2,6,8);2*1-2H3/t;5-;;;/m.0.../s1. The summed E-state index contributed by atoms with van der Waals surface area (Å²) in [6.07, 6.45) is 2.44. The first-order chi connectivity index (χ1) is 27.5. The van der Waals surface area contributed by atoms with Crippen LogP contribution < -0.4 is 44.2 Å². The van der Waals surface area contributed by atoms with Crippen molar-refractivity contribution in [2.45, 2.75) is 100.0 Å². The molecule has 58 heavy (non-hydrogen) atoms. The topological polar surface area (TPSA) is 300 Å². The average molecular weight is 813 g/mol. The Bertz CT molecular complexity index is 1660. The number of para-hydroxylation sites is 1. The van der Waals surface area contributed by atoms with Gasteiger partial charge in [0.1, 0.15) is 0 Å². The molecule has 3 aromatic rings. The smallest absolute Gasteiger partial charge is 0.251 e. The first-order valence-electron chi connectivity index (χ1n) is 19.7. The summed E-state index contributed by atoms with van der Waals surface area (Å²) in [5.74, 6) is -1.70. The number of rotatable bonds is 19. The highest BCUT2D eigenvalue weighted by Gasteiger charge is 2.12. The highest BCUT2D eigenvalue weighted by Crippen LogP contribution is 2.26. The first kappa shape index (κ1) is 54.3. The Kier molecular flexibility index (Phi) is 30.2. The lowest BCUT2D eigenvalue weighted by molar-refractivity contribution is -0.127. The maximum atomic E-state index is 12.4. The van der Waals surface area contributed by atoms with Crippen LogP contribution in [0.25, 0.3) is 22.2 Å². The van der Waals surface area contributed by atoms with Crippen LogP contribution in [0.1, 0.15) is 104 Å². The van der Waals surface area contributed by atoms with E-state index in [2.05, 4.69) is 31.5 Å². The molecule has 0 bridgehead atoms. The number of hydrogen-bond acceptors (Lipinski definition) is 9. The lowest BCUT2D eigenvalue weighted by Gasteiger charge is -2.09. The number of fused-ring (bicyclic) bond motifs is 1. The number of amides is 7. The van der Waals surface area contributed by atoms with Crippen molar-refractivity contribution in [2.75, 3.05) is 26.2 Å². The molecular weight excluding hydrogens is 745 g/mol. The summed E-state index contributed by atoms with van der Waals surface area (Å²) in [4.78, 5) is 77.9. The summed E-state index contributed by atoms with van der Waals surface area (Å²) in [5.41, 5.74) is 22.9. The highest BCUT2D eigenvalue weighted by molar-refractivity contribution is 5.96. The van der Waals surface area contributed by atoms with E-state index in [0.717, 1.165) is 28.6 Å². The maximum absolute atomic E-state index is 12.4. The van der Waals surface area contributed by atoms with Crippen molar-refractivity contribution in [1.29, 1.82) is 0 Å². The zero-order valence-corrected chi connectivity index (χ0v) is 35.5. The van der Waals surface area contributed by atoms with E-state index in [9.17, 15) is 33.6 Å². The van der Waals surface area contributed by atoms with Gasteiger partial charge in [-0.05, 0) is 49.3 Å². The average Bonchev–Trinajstić information content (AvgIpc) is 3.63. The van der Waals surface area contributed by atoms with Gasteiger partial charge in [0.25, 0.3) is 5.91 Å². The Morgan fingerprint density at radius 1 is 0.655 bits per heavy atom. The molecule has 0 aliphatic heterocycles. The quantitative estimate of drug-likeness (QED) is 0.0803. The number of hydrogen-bond donors (Lipinski definition) is 9. The summed E-state index contributed by atoms with van der Waals surface area (Å²) < 4.78 is 0. The van der Waals surface area contributed by atoms with E-state index >= 15 is 0 Å². The normalized spacial score (nSPS) is 10.4. The molecule has 1 atom stereocenters. The number of carbonyl (C=O) groups is 7. The molecule has 13 N–H and O–H groups in total. The molecule has 17 heteroatoms. The molecule has 7 amide bonds. The number of primary amides is 3. The number of nitrogens with zero attached hydrogens (tertiary/aromatic N) is 1. The third kappa shape index (κ3) is 26.1. The molecular formula is C41H68N10O7. The third-order valence-corrected chi connectivity index (χ3v) is 7.40. The highest BCUT2D eigenvalue weighted by atomic mass is 16.2. The molecule has 0 fully saturated rings. The molecule has 1 heterocycles. The molecule has 324 valence electrons. The number of H-pyrrole nitrogens is 1. The summed E-state index contributed by atoms with van der Waals surface area (Å²) >= 11 is 0. The summed E-state index contributed by atoms with van der Waals surface area (Å²) in [6.45, 7) is 16.5. The van der Waals surface area contributed by atoms with Crippen LogP contribution in [0.3, 0.4) is 0 Å². The van der Waals surface area contributed by atoms with Crippen molar-refractivity contribution < 1.29 is 33.6 Å². The zero-order valence-electron chi connectivity index (χ0n) is 35.5. The van der Waals surface area contributed by atoms with Crippen LogP contribution in [0.5, 0.6) is 0 Å². The number of carbonyl (C=O) groups excluding carboxylic acids is 7. The molecule has 0 spiro atoms. The Hall–Kier alpha value is -5.84. The summed E-state index contributed by atoms with van der Waals surface area (Å²) in [5, 5.41) is 18.9. The van der Waals surface area contributed by atoms with Gasteiger partial charge in [-0.3, -0.25) is 38.7 Å². The molecule has 0 aliphatic carbocycles. The van der Waals surface area contributed by atoms with Crippen molar-refractivity contribution in [3.8, 4) is 11.3 Å². The predicted molar refractivity (Wildman–Crippen MR) is 229 cm³/mol. The summed E-state index contributed by atoms with van der Waals surface area (Å²) in [6, 6.07) is 14.6. The van der Waals surface area contributed by atoms with E-state index < -0.39 is 29.7 Å². The third-order valence-electron chi connectivity index (χ3n) is 7.40. The SMILES string of the molecule is CC.CC.CC(C)CCC(=O)NCC(=O)NCC(=O)NCCCNC(=O)c1ccc(-c2n[nH]c3ccccc23)cc1.CC(C)C[C@H](N)C(N)=O.NC(=O)CCC(N)=O. The van der Waals surface area contributed by atoms with Crippen molar-refractivity contribution in [3.05, 3.63) is 54.1 Å². The lowest BCUT2D eigenvalue weighted by atomic mass is 10.0. The number of nitrogens with one attached hydrogen (secondary N) is 5. The summed E-state index contributed by atoms with van der Waals surface area (Å²) in [7, 11) is 0. The van der Waals surface area contributed by atoms with Gasteiger partial charge in [-0.2, -0.15) is 5.10 Å². The Morgan fingerprint density at radius 2 is 1.17 bits per heavy atom. The van der Waals surface area contributed by atoms with E-state index in [1.165, 1.54) is 0 Å². The van der Waals surface area contributed by atoms with Crippen LogP contribution in [0.2, 0.25) is 0 Å². The van der Waals surface area contributed by atoms with Crippen molar-refractivity contribution >= 4 is 52.3 Å². The van der Waals surface area contributed by atoms with Crippen LogP contribution >= 0.6 is 0 Å². The van der Waals surface area contributed by atoms with Gasteiger partial charge in [-0.25, -0.2) is 0 Å². The van der Waals surface area contributed by atoms with Gasteiger partial charge < -0.3 is 44.2 Å². The van der Waals surface area contributed by atoms with Gasteiger partial charge in [0.2, 0.25) is 35.4 Å². The van der Waals surface area contributed by atoms with E-state index in [1.807, 2.05) is 91.8 Å². The Morgan fingerprint density at radius 3 is 1.67 bits per heavy atom. The molecule has 0 saturated heterocycles. The monoisotopic (exact) mass is 813 g/mol. The van der Waals surface area contributed by atoms with Crippen LogP contribution in [-0.4, -0.2) is 83.8 Å². The predicted octanol–water partition coefficient (Wildman–Crippen LogP) is 2.77. The van der Waals surface area contributed by atoms with Crippen molar-refractivity contribution in [2.24, 2.45) is 34.8 Å². The molecule has 1 aromatic heterocycles. The fourth-order valence-corrected chi connectivity index (χ4v) is 4.44. The second kappa shape index (κ2) is 32.3. The molecule has 3 rings (SSSR count). The molecule has 0 aliphatic rings. The second-order valence-corrected chi connectivity index (χ2v) is 13.2. The maximum Gasteiger partial charge on any atom is 0.251 e. The van der Waals surface area contributed by atoms with Gasteiger partial charge in [-0.1, -0.05) is 85.7 Å². The molecule has 2 aromatic carbocycles. The Balaban J connectivity index is 0. The lowest BCUT2D eigenvalue weighted by Crippen LogP contribution is -2.42. The first-order valence-corrected chi connectivity index (χ1v) is 19.7. The number of nitrogens with two attached hydrogens (primary N) is 4. The number of aromatic nitrogens is 2. The van der Waals surface area contributed by atoms with Gasteiger partial charge in [0, 0.05) is 48.9 Å². The second-order valence-electron chi connectivity index (χ2n) is 13.2. The van der Waals surface area contributed by atoms with Crippen LogP contribution in [0, 0.1) is 11.8 Å². The number of aromatic amines is 1. The van der Waals surface area contributed by atoms with E-state index in [0.29, 0.717) is 49.8 Å². The van der Waals surface area contributed by atoms with E-state index in [4.69, 9.17) is 22.9 Å². The van der Waals surface area contributed by atoms with E-state index in [-0.39, 0.29) is 43.7 Å². The largest absolute Gasteiger partial charge is 0.370 e. The van der Waals surface area contributed by atoms with Crippen molar-refractivity contribution in [1.82, 2.24) is 31.5 Å². The minimum atomic E-state index is -0.496. The number of benzene rings is 2. The van der Waals surface area contributed by atoms with Crippen LogP contribution in [0.4, 0.5) is 0 Å². The van der Waals surface area contributed by atoms with Crippen molar-refractivity contribution in [3.63, 3.8) is 0 Å². The van der Waals surface area contributed by atoms with Crippen LogP contribution in [0.15, 0.2) is 48.5 Å². The molecule has 0 saturated carbocycles. The molecule has 17 nitrogen and oxygen atoms in total. The molecule has 0 radical (unpaired) electrons. The van der Waals surface area contributed by atoms with Gasteiger partial charge in [0.05, 0.1) is 30.3 Å². The van der Waals surface area contributed by atoms with Gasteiger partial charge in [-0.15, -0.1) is 0 Å². The zero-order chi connectivity index (χ0) is 44.6. The van der Waals surface area contributed by atoms with Gasteiger partial charge >= 0.3 is 0 Å². The fraction of sp³-hybridized carbons (Fsp3) is 0.512. The fourth-order valence-electron chi connectivity index (χ4n) is 4.44.